The maximum atomic E-state index is 13.1. The molecule has 1 N–H and O–H groups in total. The summed E-state index contributed by atoms with van der Waals surface area (Å²) in [4.78, 5) is 42.6. The molecule has 1 aliphatic rings. The number of nitrogens with one attached hydrogen (secondary N) is 1. The van der Waals surface area contributed by atoms with E-state index in [0.29, 0.717) is 5.76 Å². The van der Waals surface area contributed by atoms with E-state index in [1.807, 2.05) is 62.4 Å². The smallest absolute Gasteiger partial charge is 0.333 e. The fraction of sp³-hybridized carbons (Fsp3) is 0.290. The second-order valence-corrected chi connectivity index (χ2v) is 9.67. The van der Waals surface area contributed by atoms with Gasteiger partial charge in [-0.2, -0.15) is 0 Å². The van der Waals surface area contributed by atoms with Crippen LogP contribution >= 0.6 is 0 Å². The molecule has 0 aliphatic heterocycles. The van der Waals surface area contributed by atoms with Gasteiger partial charge in [0.1, 0.15) is 11.8 Å². The van der Waals surface area contributed by atoms with Crippen molar-refractivity contribution in [2.24, 2.45) is 5.92 Å². The van der Waals surface area contributed by atoms with Crippen LogP contribution in [0.25, 0.3) is 5.57 Å². The van der Waals surface area contributed by atoms with Crippen molar-refractivity contribution < 1.29 is 28.6 Å². The van der Waals surface area contributed by atoms with Gasteiger partial charge in [-0.15, -0.1) is 0 Å². The summed E-state index contributed by atoms with van der Waals surface area (Å²) in [6.45, 7) is 7.25. The lowest BCUT2D eigenvalue weighted by atomic mass is 9.95. The van der Waals surface area contributed by atoms with Crippen molar-refractivity contribution in [2.45, 2.75) is 46.6 Å². The van der Waals surface area contributed by atoms with Gasteiger partial charge < -0.3 is 19.5 Å². The highest BCUT2D eigenvalue weighted by atomic mass is 16.6. The van der Waals surface area contributed by atoms with Crippen LogP contribution in [0.15, 0.2) is 66.6 Å². The topological polar surface area (TPSA) is 104 Å². The summed E-state index contributed by atoms with van der Waals surface area (Å²) in [5.41, 5.74) is 4.63. The molecule has 0 spiro atoms. The third-order valence-electron chi connectivity index (χ3n) is 6.40. The number of benzene rings is 2. The Hall–Kier alpha value is -4.46. The van der Waals surface area contributed by atoms with Crippen molar-refractivity contribution in [2.75, 3.05) is 7.11 Å². The molecule has 1 fully saturated rings. The van der Waals surface area contributed by atoms with Crippen LogP contribution in [0.3, 0.4) is 0 Å². The average molecular weight is 529 g/mol. The molecule has 2 aromatic carbocycles. The Bertz CT molecular complexity index is 1360. The van der Waals surface area contributed by atoms with E-state index in [9.17, 15) is 14.4 Å². The van der Waals surface area contributed by atoms with Crippen molar-refractivity contribution in [3.63, 3.8) is 0 Å². The fourth-order valence-electron chi connectivity index (χ4n) is 3.98. The molecular formula is C31H32N2O6. The van der Waals surface area contributed by atoms with Gasteiger partial charge in [-0.3, -0.25) is 9.59 Å². The van der Waals surface area contributed by atoms with Crippen molar-refractivity contribution in [1.29, 1.82) is 0 Å². The molecule has 1 aliphatic carbocycles. The standard InChI is InChI=1S/C31H32N2O6/c1-18-6-10-22(11-7-18)26(23-12-8-19(2)9-13-23)21(4)38-30(35)20(3)33-29(34)27-28(25(37-5)16-17-32-27)39-31(36)24-14-15-24/h6-13,16-17,20,24H,14-15H2,1-5H3,(H,33,34)/t20-/m0/s1. The Kier molecular flexibility index (Phi) is 8.44. The van der Waals surface area contributed by atoms with Gasteiger partial charge in [0.25, 0.3) is 5.91 Å². The van der Waals surface area contributed by atoms with Crippen LogP contribution < -0.4 is 14.8 Å². The van der Waals surface area contributed by atoms with E-state index >= 15 is 0 Å². The van der Waals surface area contributed by atoms with E-state index in [1.54, 1.807) is 6.92 Å². The van der Waals surface area contributed by atoms with E-state index in [4.69, 9.17) is 14.2 Å². The third-order valence-corrected chi connectivity index (χ3v) is 6.40. The Morgan fingerprint density at radius 1 is 0.923 bits per heavy atom. The van der Waals surface area contributed by atoms with Crippen LogP contribution in [0, 0.1) is 19.8 Å². The first-order valence-corrected chi connectivity index (χ1v) is 12.8. The van der Waals surface area contributed by atoms with Gasteiger partial charge in [0.15, 0.2) is 11.4 Å². The molecular weight excluding hydrogens is 496 g/mol. The fourth-order valence-corrected chi connectivity index (χ4v) is 3.98. The first-order valence-electron chi connectivity index (χ1n) is 12.8. The SMILES string of the molecule is COc1ccnc(C(=O)N[C@@H](C)C(=O)OC(C)=C(c2ccc(C)cc2)c2ccc(C)cc2)c1OC(=O)C1CC1. The second kappa shape index (κ2) is 11.9. The molecule has 4 rings (SSSR count). The quantitative estimate of drug-likeness (QED) is 0.302. The summed E-state index contributed by atoms with van der Waals surface area (Å²) in [5.74, 6) is -1.47. The number of esters is 2. The van der Waals surface area contributed by atoms with Crippen molar-refractivity contribution in [3.05, 3.63) is 94.5 Å². The van der Waals surface area contributed by atoms with Crippen molar-refractivity contribution in [1.82, 2.24) is 10.3 Å². The molecule has 1 amide bonds. The van der Waals surface area contributed by atoms with E-state index in [2.05, 4.69) is 10.3 Å². The van der Waals surface area contributed by atoms with E-state index in [0.717, 1.165) is 40.7 Å². The number of amides is 1. The lowest BCUT2D eigenvalue weighted by Gasteiger charge is -2.18. The first kappa shape index (κ1) is 27.6. The number of hydrogen-bond donors (Lipinski definition) is 1. The first-order chi connectivity index (χ1) is 18.7. The summed E-state index contributed by atoms with van der Waals surface area (Å²) in [5, 5.41) is 2.60. The minimum Gasteiger partial charge on any atom is -0.493 e. The molecule has 1 atom stereocenters. The largest absolute Gasteiger partial charge is 0.493 e. The van der Waals surface area contributed by atoms with Gasteiger partial charge in [-0.1, -0.05) is 59.7 Å². The predicted octanol–water partition coefficient (Wildman–Crippen LogP) is 5.16. The highest BCUT2D eigenvalue weighted by molar-refractivity contribution is 5.99. The molecule has 1 heterocycles. The maximum Gasteiger partial charge on any atom is 0.333 e. The Morgan fingerprint density at radius 3 is 2.00 bits per heavy atom. The Labute approximate surface area is 228 Å². The van der Waals surface area contributed by atoms with Gasteiger partial charge >= 0.3 is 11.9 Å². The molecule has 8 heteroatoms. The highest BCUT2D eigenvalue weighted by Gasteiger charge is 2.34. The summed E-state index contributed by atoms with van der Waals surface area (Å²) in [7, 11) is 1.40. The van der Waals surface area contributed by atoms with Crippen molar-refractivity contribution >= 4 is 23.4 Å². The molecule has 1 saturated carbocycles. The number of ether oxygens (including phenoxy) is 3. The zero-order valence-corrected chi connectivity index (χ0v) is 22.7. The van der Waals surface area contributed by atoms with Crippen LogP contribution in [0.4, 0.5) is 0 Å². The summed E-state index contributed by atoms with van der Waals surface area (Å²) in [6.07, 6.45) is 2.85. The zero-order chi connectivity index (χ0) is 28.1. The van der Waals surface area contributed by atoms with Gasteiger partial charge in [-0.25, -0.2) is 9.78 Å². The molecule has 8 nitrogen and oxygen atoms in total. The van der Waals surface area contributed by atoms with Gasteiger partial charge in [0, 0.05) is 17.8 Å². The van der Waals surface area contributed by atoms with Gasteiger partial charge in [-0.05, 0) is 51.7 Å². The maximum absolute atomic E-state index is 13.1. The monoisotopic (exact) mass is 528 g/mol. The Morgan fingerprint density at radius 2 is 1.49 bits per heavy atom. The lowest BCUT2D eigenvalue weighted by Crippen LogP contribution is -2.40. The predicted molar refractivity (Wildman–Crippen MR) is 146 cm³/mol. The number of carbonyl (C=O) groups is 3. The van der Waals surface area contributed by atoms with E-state index in [-0.39, 0.29) is 23.1 Å². The van der Waals surface area contributed by atoms with Gasteiger partial charge in [0.2, 0.25) is 5.75 Å². The van der Waals surface area contributed by atoms with Crippen LogP contribution in [0.1, 0.15) is 59.4 Å². The van der Waals surface area contributed by atoms with E-state index < -0.39 is 23.9 Å². The number of pyridine rings is 1. The summed E-state index contributed by atoms with van der Waals surface area (Å²) in [6, 6.07) is 16.4. The number of carbonyl (C=O) groups excluding carboxylic acids is 3. The van der Waals surface area contributed by atoms with Crippen LogP contribution in [0.5, 0.6) is 11.5 Å². The normalized spacial score (nSPS) is 13.2. The number of nitrogens with zero attached hydrogens (tertiary/aromatic N) is 1. The van der Waals surface area contributed by atoms with E-state index in [1.165, 1.54) is 26.3 Å². The third kappa shape index (κ3) is 6.71. The molecule has 0 saturated heterocycles. The summed E-state index contributed by atoms with van der Waals surface area (Å²) < 4.78 is 16.5. The molecule has 1 aromatic heterocycles. The zero-order valence-electron chi connectivity index (χ0n) is 22.7. The number of hydrogen-bond acceptors (Lipinski definition) is 7. The average Bonchev–Trinajstić information content (AvgIpc) is 3.77. The minimum absolute atomic E-state index is 0.0768. The molecule has 3 aromatic rings. The lowest BCUT2D eigenvalue weighted by molar-refractivity contribution is -0.141. The highest BCUT2D eigenvalue weighted by Crippen LogP contribution is 2.35. The van der Waals surface area contributed by atoms with Crippen LogP contribution in [-0.2, 0) is 14.3 Å². The van der Waals surface area contributed by atoms with Crippen LogP contribution in [0.2, 0.25) is 0 Å². The van der Waals surface area contributed by atoms with Gasteiger partial charge in [0.05, 0.1) is 13.0 Å². The minimum atomic E-state index is -1.02. The number of rotatable bonds is 9. The second-order valence-electron chi connectivity index (χ2n) is 9.67. The van der Waals surface area contributed by atoms with Crippen molar-refractivity contribution in [3.8, 4) is 11.5 Å². The molecule has 202 valence electrons. The number of allylic oxidation sites excluding steroid dienone is 1. The molecule has 39 heavy (non-hydrogen) atoms. The number of methoxy groups -OCH3 is 1. The Balaban J connectivity index is 1.55. The van der Waals surface area contributed by atoms with Crippen LogP contribution in [-0.4, -0.2) is 36.0 Å². The summed E-state index contributed by atoms with van der Waals surface area (Å²) >= 11 is 0. The number of aryl methyl sites for hydroxylation is 2. The molecule has 0 unspecified atom stereocenters. The molecule has 0 bridgehead atoms. The number of aromatic nitrogens is 1. The molecule has 0 radical (unpaired) electrons.